The molecule has 1 aromatic rings. The fourth-order valence-corrected chi connectivity index (χ4v) is 3.54. The van der Waals surface area contributed by atoms with Crippen molar-refractivity contribution in [3.63, 3.8) is 0 Å². The van der Waals surface area contributed by atoms with Crippen molar-refractivity contribution >= 4 is 23.5 Å². The van der Waals surface area contributed by atoms with Gasteiger partial charge in [-0.1, -0.05) is 6.42 Å². The standard InChI is InChI=1S/C16H19F3N6O/c17-16(18,19)10-6-9(12(20)26)7-11(8-10)25-14(22)23-13(21)24-15(25)4-2-1-3-5-15/h6-8H,1-5H2,(H2,20,26)(H4,21,22,23,24). The lowest BCUT2D eigenvalue weighted by molar-refractivity contribution is -0.137. The molecule has 0 radical (unpaired) electrons. The van der Waals surface area contributed by atoms with Gasteiger partial charge in [-0.2, -0.15) is 18.2 Å². The molecule has 2 aliphatic rings. The summed E-state index contributed by atoms with van der Waals surface area (Å²) < 4.78 is 39.9. The van der Waals surface area contributed by atoms with Crippen LogP contribution in [-0.4, -0.2) is 23.5 Å². The molecule has 0 unspecified atom stereocenters. The Morgan fingerprint density at radius 1 is 1.12 bits per heavy atom. The molecule has 0 saturated heterocycles. The summed E-state index contributed by atoms with van der Waals surface area (Å²) in [6, 6.07) is 2.91. The van der Waals surface area contributed by atoms with Crippen LogP contribution in [0.1, 0.15) is 48.0 Å². The van der Waals surface area contributed by atoms with E-state index in [4.69, 9.17) is 17.2 Å². The molecule has 3 rings (SSSR count). The molecule has 7 nitrogen and oxygen atoms in total. The monoisotopic (exact) mass is 368 g/mol. The minimum absolute atomic E-state index is 0.0113. The molecule has 1 fully saturated rings. The number of amides is 1. The van der Waals surface area contributed by atoms with Gasteiger partial charge in [0, 0.05) is 11.3 Å². The van der Waals surface area contributed by atoms with Crippen LogP contribution in [0.4, 0.5) is 18.9 Å². The average Bonchev–Trinajstić information content (AvgIpc) is 2.53. The van der Waals surface area contributed by atoms with Crippen LogP contribution >= 0.6 is 0 Å². The molecule has 140 valence electrons. The molecule has 1 aliphatic heterocycles. The highest BCUT2D eigenvalue weighted by atomic mass is 19.4. The summed E-state index contributed by atoms with van der Waals surface area (Å²) in [6.45, 7) is 0. The topological polar surface area (TPSA) is 123 Å². The van der Waals surface area contributed by atoms with Gasteiger partial charge in [0.05, 0.1) is 5.56 Å². The molecule has 1 heterocycles. The zero-order valence-corrected chi connectivity index (χ0v) is 13.9. The van der Waals surface area contributed by atoms with Crippen LogP contribution in [0, 0.1) is 0 Å². The van der Waals surface area contributed by atoms with Gasteiger partial charge in [-0.3, -0.25) is 9.69 Å². The molecule has 1 aliphatic carbocycles. The molecular formula is C16H19F3N6O. The molecule has 1 spiro atoms. The van der Waals surface area contributed by atoms with Crippen LogP contribution in [0.5, 0.6) is 0 Å². The Labute approximate surface area is 147 Å². The average molecular weight is 368 g/mol. The SMILES string of the molecule is NC(=O)c1cc(N2C(N)=NC(N)=NC23CCCCC3)cc(C(F)(F)F)c1. The smallest absolute Gasteiger partial charge is 0.369 e. The van der Waals surface area contributed by atoms with Crippen LogP contribution in [0.25, 0.3) is 0 Å². The van der Waals surface area contributed by atoms with E-state index in [0.29, 0.717) is 18.9 Å². The van der Waals surface area contributed by atoms with Gasteiger partial charge in [-0.15, -0.1) is 0 Å². The van der Waals surface area contributed by atoms with Gasteiger partial charge in [0.25, 0.3) is 0 Å². The number of benzene rings is 1. The van der Waals surface area contributed by atoms with Gasteiger partial charge < -0.3 is 17.2 Å². The van der Waals surface area contributed by atoms with E-state index < -0.39 is 23.3 Å². The molecule has 0 atom stereocenters. The summed E-state index contributed by atoms with van der Waals surface area (Å²) in [5, 5.41) is 0. The maximum Gasteiger partial charge on any atom is 0.416 e. The molecule has 10 heteroatoms. The molecule has 1 amide bonds. The second-order valence-corrected chi connectivity index (χ2v) is 6.45. The predicted molar refractivity (Wildman–Crippen MR) is 91.5 cm³/mol. The number of hydrogen-bond donors (Lipinski definition) is 3. The van der Waals surface area contributed by atoms with E-state index in [1.807, 2.05) is 0 Å². The van der Waals surface area contributed by atoms with E-state index in [2.05, 4.69) is 9.98 Å². The number of alkyl halides is 3. The first-order valence-corrected chi connectivity index (χ1v) is 8.14. The Kier molecular flexibility index (Phi) is 4.29. The normalized spacial score (nSPS) is 19.9. The van der Waals surface area contributed by atoms with Crippen LogP contribution < -0.4 is 22.1 Å². The Hall–Kier alpha value is -2.78. The van der Waals surface area contributed by atoms with E-state index in [9.17, 15) is 18.0 Å². The second-order valence-electron chi connectivity index (χ2n) is 6.45. The molecule has 1 aromatic carbocycles. The van der Waals surface area contributed by atoms with Crippen molar-refractivity contribution in [3.8, 4) is 0 Å². The molecule has 26 heavy (non-hydrogen) atoms. The minimum Gasteiger partial charge on any atom is -0.369 e. The van der Waals surface area contributed by atoms with Crippen molar-refractivity contribution in [1.29, 1.82) is 0 Å². The lowest BCUT2D eigenvalue weighted by Crippen LogP contribution is -2.58. The number of hydrogen-bond acceptors (Lipinski definition) is 6. The highest BCUT2D eigenvalue weighted by Gasteiger charge is 2.43. The highest BCUT2D eigenvalue weighted by molar-refractivity contribution is 6.06. The Balaban J connectivity index is 2.18. The third-order valence-corrected chi connectivity index (χ3v) is 4.64. The maximum absolute atomic E-state index is 13.3. The van der Waals surface area contributed by atoms with Gasteiger partial charge >= 0.3 is 6.18 Å². The van der Waals surface area contributed by atoms with Gasteiger partial charge in [0.1, 0.15) is 5.66 Å². The van der Waals surface area contributed by atoms with E-state index in [-0.39, 0.29) is 23.2 Å². The number of nitrogens with two attached hydrogens (primary N) is 3. The Morgan fingerprint density at radius 3 is 2.35 bits per heavy atom. The number of carbonyl (C=O) groups is 1. The van der Waals surface area contributed by atoms with E-state index >= 15 is 0 Å². The number of rotatable bonds is 2. The van der Waals surface area contributed by atoms with Gasteiger partial charge in [0.2, 0.25) is 17.8 Å². The number of nitrogens with zero attached hydrogens (tertiary/aromatic N) is 3. The van der Waals surface area contributed by atoms with Gasteiger partial charge in [-0.05, 0) is 43.9 Å². The number of guanidine groups is 2. The van der Waals surface area contributed by atoms with Crippen molar-refractivity contribution < 1.29 is 18.0 Å². The molecule has 6 N–H and O–H groups in total. The lowest BCUT2D eigenvalue weighted by atomic mass is 9.87. The van der Waals surface area contributed by atoms with Gasteiger partial charge in [0.15, 0.2) is 0 Å². The van der Waals surface area contributed by atoms with Crippen molar-refractivity contribution in [2.24, 2.45) is 27.2 Å². The second kappa shape index (κ2) is 6.19. The van der Waals surface area contributed by atoms with E-state index in [1.165, 1.54) is 11.0 Å². The van der Waals surface area contributed by atoms with Crippen molar-refractivity contribution in [2.75, 3.05) is 4.90 Å². The summed E-state index contributed by atoms with van der Waals surface area (Å²) in [5.74, 6) is -1.04. The van der Waals surface area contributed by atoms with Crippen molar-refractivity contribution in [3.05, 3.63) is 29.3 Å². The summed E-state index contributed by atoms with van der Waals surface area (Å²) in [4.78, 5) is 21.3. The summed E-state index contributed by atoms with van der Waals surface area (Å²) >= 11 is 0. The zero-order valence-electron chi connectivity index (χ0n) is 13.9. The first-order valence-electron chi connectivity index (χ1n) is 8.14. The van der Waals surface area contributed by atoms with Crippen LogP contribution in [0.3, 0.4) is 0 Å². The number of aliphatic imine (C=N–C) groups is 2. The third kappa shape index (κ3) is 3.18. The zero-order chi connectivity index (χ0) is 19.1. The number of anilines is 1. The first-order chi connectivity index (χ1) is 12.1. The largest absolute Gasteiger partial charge is 0.416 e. The fourth-order valence-electron chi connectivity index (χ4n) is 3.54. The number of halogens is 3. The predicted octanol–water partition coefficient (Wildman–Crippen LogP) is 1.91. The van der Waals surface area contributed by atoms with Gasteiger partial charge in [-0.25, -0.2) is 4.99 Å². The minimum atomic E-state index is -4.65. The summed E-state index contributed by atoms with van der Waals surface area (Å²) in [7, 11) is 0. The van der Waals surface area contributed by atoms with E-state index in [1.54, 1.807) is 0 Å². The number of primary amides is 1. The van der Waals surface area contributed by atoms with Crippen LogP contribution in [0.2, 0.25) is 0 Å². The van der Waals surface area contributed by atoms with Crippen LogP contribution in [0.15, 0.2) is 28.2 Å². The highest BCUT2D eigenvalue weighted by Crippen LogP contribution is 2.41. The fraction of sp³-hybridized carbons (Fsp3) is 0.438. The Bertz CT molecular complexity index is 796. The summed E-state index contributed by atoms with van der Waals surface area (Å²) in [5.41, 5.74) is 14.9. The molecule has 0 bridgehead atoms. The van der Waals surface area contributed by atoms with Crippen molar-refractivity contribution in [2.45, 2.75) is 43.9 Å². The maximum atomic E-state index is 13.3. The number of carbonyl (C=O) groups excluding carboxylic acids is 1. The van der Waals surface area contributed by atoms with Crippen LogP contribution in [-0.2, 0) is 6.18 Å². The molecule has 1 saturated carbocycles. The first kappa shape index (κ1) is 18.0. The quantitative estimate of drug-likeness (QED) is 0.738. The van der Waals surface area contributed by atoms with E-state index in [0.717, 1.165) is 25.3 Å². The Morgan fingerprint density at radius 2 is 1.77 bits per heavy atom. The molecular weight excluding hydrogens is 349 g/mol. The van der Waals surface area contributed by atoms with Crippen molar-refractivity contribution in [1.82, 2.24) is 0 Å². The third-order valence-electron chi connectivity index (χ3n) is 4.64. The lowest BCUT2D eigenvalue weighted by Gasteiger charge is -2.45. The molecule has 0 aromatic heterocycles. The summed E-state index contributed by atoms with van der Waals surface area (Å²) in [6.07, 6.45) is -0.899.